The second-order valence-electron chi connectivity index (χ2n) is 10.7. The van der Waals surface area contributed by atoms with E-state index >= 15 is 0 Å². The number of carbonyl (C=O) groups excluding carboxylic acids is 4. The molecule has 1 heterocycles. The van der Waals surface area contributed by atoms with Gasteiger partial charge in [0.05, 0.1) is 24.0 Å². The van der Waals surface area contributed by atoms with Crippen LogP contribution in [0.15, 0.2) is 42.5 Å². The van der Waals surface area contributed by atoms with E-state index in [9.17, 15) is 19.2 Å². The van der Waals surface area contributed by atoms with Crippen LogP contribution in [-0.4, -0.2) is 77.8 Å². The fourth-order valence-corrected chi connectivity index (χ4v) is 5.72. The van der Waals surface area contributed by atoms with Crippen molar-refractivity contribution in [3.63, 3.8) is 0 Å². The highest BCUT2D eigenvalue weighted by atomic mass is 35.5. The number of halogens is 1. The van der Waals surface area contributed by atoms with Gasteiger partial charge >= 0.3 is 0 Å². The molecule has 0 aliphatic carbocycles. The number of benzene rings is 2. The first kappa shape index (κ1) is 35.6. The molecule has 0 saturated carbocycles. The number of unbranched alkanes of at least 4 members (excludes halogenated alkanes) is 1. The minimum absolute atomic E-state index is 0.0270. The molecule has 0 fully saturated rings. The van der Waals surface area contributed by atoms with E-state index in [0.717, 1.165) is 27.7 Å². The molecule has 0 saturated heterocycles. The first-order valence-electron chi connectivity index (χ1n) is 14.7. The number of aromatic nitrogens is 1. The van der Waals surface area contributed by atoms with Crippen molar-refractivity contribution in [3.8, 4) is 0 Å². The van der Waals surface area contributed by atoms with Crippen LogP contribution in [0, 0.1) is 13.8 Å². The molecule has 0 spiro atoms. The maximum absolute atomic E-state index is 13.4. The van der Waals surface area contributed by atoms with Crippen molar-refractivity contribution in [1.82, 2.24) is 25.8 Å². The van der Waals surface area contributed by atoms with E-state index in [-0.39, 0.29) is 36.0 Å². The number of aryl methyl sites for hydroxylation is 1. The molecule has 0 unspecified atom stereocenters. The monoisotopic (exact) mass is 659 g/mol. The number of hydrogen-bond acceptors (Lipinski definition) is 8. The van der Waals surface area contributed by atoms with E-state index in [1.807, 2.05) is 32.0 Å². The number of amides is 2. The van der Waals surface area contributed by atoms with Crippen LogP contribution in [0.1, 0.15) is 46.9 Å². The number of nitrogens with zero attached hydrogens (tertiary/aromatic N) is 1. The lowest BCUT2D eigenvalue weighted by Crippen LogP contribution is -2.49. The first-order valence-corrected chi connectivity index (χ1v) is 16.4. The van der Waals surface area contributed by atoms with Gasteiger partial charge in [-0.2, -0.15) is 25.3 Å². The number of nitrogens with one attached hydrogen (secondary N) is 4. The van der Waals surface area contributed by atoms with Gasteiger partial charge < -0.3 is 21.3 Å². The lowest BCUT2D eigenvalue weighted by Gasteiger charge is -2.18. The summed E-state index contributed by atoms with van der Waals surface area (Å²) in [6.45, 7) is 7.35. The highest BCUT2D eigenvalue weighted by Crippen LogP contribution is 2.28. The van der Waals surface area contributed by atoms with Crippen LogP contribution in [0.3, 0.4) is 0 Å². The molecule has 4 N–H and O–H groups in total. The van der Waals surface area contributed by atoms with Gasteiger partial charge in [0.25, 0.3) is 5.91 Å². The van der Waals surface area contributed by atoms with Crippen molar-refractivity contribution in [2.24, 2.45) is 0 Å². The fourth-order valence-electron chi connectivity index (χ4n) is 4.91. The predicted molar refractivity (Wildman–Crippen MR) is 184 cm³/mol. The summed E-state index contributed by atoms with van der Waals surface area (Å²) in [6.07, 6.45) is 1.54. The highest BCUT2D eigenvalue weighted by Gasteiger charge is 2.22. The summed E-state index contributed by atoms with van der Waals surface area (Å²) in [4.78, 5) is 50.4. The summed E-state index contributed by atoms with van der Waals surface area (Å²) in [7, 11) is 0. The number of fused-ring (bicyclic) bond motifs is 1. The largest absolute Gasteiger partial charge is 0.356 e. The molecule has 44 heavy (non-hydrogen) atoms. The quantitative estimate of drug-likeness (QED) is 0.0975. The van der Waals surface area contributed by atoms with E-state index in [4.69, 9.17) is 11.6 Å². The van der Waals surface area contributed by atoms with Gasteiger partial charge in [-0.15, -0.1) is 0 Å². The normalized spacial score (nSPS) is 12.6. The van der Waals surface area contributed by atoms with Gasteiger partial charge in [0.2, 0.25) is 11.8 Å². The van der Waals surface area contributed by atoms with Crippen LogP contribution < -0.4 is 21.3 Å². The van der Waals surface area contributed by atoms with Gasteiger partial charge in [0.1, 0.15) is 5.78 Å². The number of ketones is 1. The van der Waals surface area contributed by atoms with Crippen LogP contribution >= 0.6 is 36.9 Å². The number of carbonyl (C=O) groups is 4. The summed E-state index contributed by atoms with van der Waals surface area (Å²) >= 11 is 14.5. The zero-order valence-corrected chi connectivity index (χ0v) is 28.0. The Bertz CT molecular complexity index is 1460. The molecule has 238 valence electrons. The summed E-state index contributed by atoms with van der Waals surface area (Å²) in [6, 6.07) is 11.9. The van der Waals surface area contributed by atoms with Gasteiger partial charge in [0, 0.05) is 59.4 Å². The third-order valence-electron chi connectivity index (χ3n) is 7.43. The fraction of sp³-hybridized carbons (Fsp3) is 0.438. The third-order valence-corrected chi connectivity index (χ3v) is 8.41. The molecule has 2 aromatic carbocycles. The van der Waals surface area contributed by atoms with Crippen LogP contribution in [0.4, 0.5) is 0 Å². The minimum atomic E-state index is -0.452. The SMILES string of the molecule is CC(=O)[C@H](CS)NCCN[C@@H](CS)C(=O)NCCCCNC(=O)Cc1c(C)n(C(=O)c2ccc(Cl)cc2)c2ccc(C)cc12. The second kappa shape index (κ2) is 17.6. The maximum Gasteiger partial charge on any atom is 0.262 e. The molecule has 2 atom stereocenters. The van der Waals surface area contributed by atoms with Crippen molar-refractivity contribution in [3.05, 3.63) is 69.9 Å². The van der Waals surface area contributed by atoms with Crippen LogP contribution in [0.5, 0.6) is 0 Å². The van der Waals surface area contributed by atoms with Gasteiger partial charge in [-0.05, 0) is 75.6 Å². The van der Waals surface area contributed by atoms with Crippen LogP contribution in [0.2, 0.25) is 5.02 Å². The van der Waals surface area contributed by atoms with Crippen molar-refractivity contribution >= 4 is 71.3 Å². The Morgan fingerprint density at radius 2 is 1.45 bits per heavy atom. The molecule has 0 radical (unpaired) electrons. The van der Waals surface area contributed by atoms with Gasteiger partial charge in [-0.1, -0.05) is 23.2 Å². The van der Waals surface area contributed by atoms with Crippen LogP contribution in [-0.2, 0) is 20.8 Å². The zero-order valence-electron chi connectivity index (χ0n) is 25.4. The average Bonchev–Trinajstić information content (AvgIpc) is 3.26. The average molecular weight is 660 g/mol. The second-order valence-corrected chi connectivity index (χ2v) is 11.9. The lowest BCUT2D eigenvalue weighted by atomic mass is 10.1. The number of hydrogen-bond donors (Lipinski definition) is 6. The lowest BCUT2D eigenvalue weighted by molar-refractivity contribution is -0.123. The summed E-state index contributed by atoms with van der Waals surface area (Å²) < 4.78 is 1.66. The molecular weight excluding hydrogens is 618 g/mol. The van der Waals surface area contributed by atoms with Gasteiger partial charge in [-0.25, -0.2) is 0 Å². The minimum Gasteiger partial charge on any atom is -0.356 e. The molecule has 9 nitrogen and oxygen atoms in total. The van der Waals surface area contributed by atoms with Crippen molar-refractivity contribution in [1.29, 1.82) is 0 Å². The Kier molecular flexibility index (Phi) is 14.3. The third kappa shape index (κ3) is 9.84. The number of rotatable bonds is 17. The Morgan fingerprint density at radius 3 is 2.07 bits per heavy atom. The smallest absolute Gasteiger partial charge is 0.262 e. The number of thiol groups is 2. The summed E-state index contributed by atoms with van der Waals surface area (Å²) in [5.74, 6) is 0.335. The molecular formula is C32H42ClN5O4S2. The van der Waals surface area contributed by atoms with Crippen molar-refractivity contribution < 1.29 is 19.2 Å². The molecule has 3 aromatic rings. The zero-order chi connectivity index (χ0) is 32.2. The van der Waals surface area contributed by atoms with E-state index < -0.39 is 6.04 Å². The Hall–Kier alpha value is -2.83. The van der Waals surface area contributed by atoms with Crippen LogP contribution in [0.25, 0.3) is 10.9 Å². The van der Waals surface area contributed by atoms with E-state index in [2.05, 4.69) is 46.5 Å². The molecule has 12 heteroatoms. The Labute approximate surface area is 275 Å². The van der Waals surface area contributed by atoms with Crippen molar-refractivity contribution in [2.45, 2.75) is 52.1 Å². The summed E-state index contributed by atoms with van der Waals surface area (Å²) in [5.41, 5.74) is 3.86. The maximum atomic E-state index is 13.4. The number of Topliss-reactive ketones (excluding diaryl/α,β-unsaturated/α-hetero) is 1. The Balaban J connectivity index is 1.47. The molecule has 3 rings (SSSR count). The predicted octanol–water partition coefficient (Wildman–Crippen LogP) is 3.52. The van der Waals surface area contributed by atoms with E-state index in [1.165, 1.54) is 6.92 Å². The van der Waals surface area contributed by atoms with Gasteiger partial charge in [-0.3, -0.25) is 23.7 Å². The molecule has 2 amide bonds. The Morgan fingerprint density at radius 1 is 0.841 bits per heavy atom. The molecule has 0 aliphatic rings. The van der Waals surface area contributed by atoms with E-state index in [1.54, 1.807) is 28.8 Å². The highest BCUT2D eigenvalue weighted by molar-refractivity contribution is 7.80. The van der Waals surface area contributed by atoms with Crippen molar-refractivity contribution in [2.75, 3.05) is 37.7 Å². The first-order chi connectivity index (χ1) is 21.1. The molecule has 1 aromatic heterocycles. The summed E-state index contributed by atoms with van der Waals surface area (Å²) in [5, 5.41) is 13.6. The van der Waals surface area contributed by atoms with Gasteiger partial charge in [0.15, 0.2) is 0 Å². The topological polar surface area (TPSA) is 121 Å². The standard InChI is InChI=1S/C32H42ClN5O4S2/c1-20-6-11-29-26(16-20)25(21(2)38(29)32(42)23-7-9-24(33)10-8-23)17-30(40)36-12-4-5-13-37-31(41)28(19-44)35-15-14-34-27(18-43)22(3)39/h6-11,16,27-28,34-35,43-44H,4-5,12-15,17-19H2,1-3H3,(H,36,40)(H,37,41)/t27-,28-/m0/s1. The molecule has 0 bridgehead atoms. The molecule has 0 aliphatic heterocycles. The van der Waals surface area contributed by atoms with E-state index in [0.29, 0.717) is 61.1 Å².